The average molecular weight is 229 g/mol. The molecular formula is C16H23N. The third kappa shape index (κ3) is 2.40. The van der Waals surface area contributed by atoms with Gasteiger partial charge in [-0.05, 0) is 42.2 Å². The minimum absolute atomic E-state index is 0.422. The molecule has 1 saturated carbocycles. The number of nitrogens with two attached hydrogens (primary N) is 1. The van der Waals surface area contributed by atoms with Crippen LogP contribution in [0.15, 0.2) is 24.3 Å². The van der Waals surface area contributed by atoms with Crippen LogP contribution in [0.25, 0.3) is 0 Å². The quantitative estimate of drug-likeness (QED) is 0.845. The van der Waals surface area contributed by atoms with Crippen LogP contribution < -0.4 is 5.73 Å². The van der Waals surface area contributed by atoms with Crippen LogP contribution >= 0.6 is 0 Å². The maximum Gasteiger partial charge on any atom is 0.00761 e. The summed E-state index contributed by atoms with van der Waals surface area (Å²) in [6, 6.07) is 9.29. The molecule has 0 saturated heterocycles. The van der Waals surface area contributed by atoms with Gasteiger partial charge in [-0.15, -0.1) is 0 Å². The minimum Gasteiger partial charge on any atom is -0.327 e. The molecule has 1 aromatic rings. The fraction of sp³-hybridized carbons (Fsp3) is 0.625. The lowest BCUT2D eigenvalue weighted by atomic mass is 9.88. The molecule has 2 aliphatic rings. The van der Waals surface area contributed by atoms with E-state index in [0.717, 1.165) is 5.92 Å². The molecule has 0 radical (unpaired) electrons. The first-order chi connectivity index (χ1) is 8.33. The van der Waals surface area contributed by atoms with Crippen molar-refractivity contribution in [3.63, 3.8) is 0 Å². The molecule has 1 atom stereocenters. The largest absolute Gasteiger partial charge is 0.327 e. The van der Waals surface area contributed by atoms with Gasteiger partial charge in [-0.25, -0.2) is 0 Å². The summed E-state index contributed by atoms with van der Waals surface area (Å²) < 4.78 is 0. The van der Waals surface area contributed by atoms with Crippen LogP contribution in [0.4, 0.5) is 0 Å². The number of hydrogen-bond donors (Lipinski definition) is 1. The second-order valence-corrected chi connectivity index (χ2v) is 5.99. The zero-order valence-electron chi connectivity index (χ0n) is 10.6. The molecule has 1 unspecified atom stereocenters. The normalized spacial score (nSPS) is 22.9. The first-order valence-corrected chi connectivity index (χ1v) is 7.15. The molecule has 1 heteroatoms. The Morgan fingerprint density at radius 3 is 2.24 bits per heavy atom. The van der Waals surface area contributed by atoms with E-state index in [2.05, 4.69) is 24.3 Å². The van der Waals surface area contributed by atoms with Crippen LogP contribution in [0.3, 0.4) is 0 Å². The lowest BCUT2D eigenvalue weighted by Crippen LogP contribution is -2.32. The number of fused-ring (bicyclic) bond motifs is 1. The Bertz CT molecular complexity index is 354. The van der Waals surface area contributed by atoms with Gasteiger partial charge in [0.15, 0.2) is 0 Å². The van der Waals surface area contributed by atoms with Gasteiger partial charge < -0.3 is 5.73 Å². The summed E-state index contributed by atoms with van der Waals surface area (Å²) in [5.41, 5.74) is 9.52. The van der Waals surface area contributed by atoms with E-state index >= 15 is 0 Å². The van der Waals surface area contributed by atoms with Crippen molar-refractivity contribution in [1.29, 1.82) is 0 Å². The van der Waals surface area contributed by atoms with Crippen LogP contribution in [0, 0.1) is 11.8 Å². The zero-order chi connectivity index (χ0) is 11.7. The maximum atomic E-state index is 6.44. The summed E-state index contributed by atoms with van der Waals surface area (Å²) in [5, 5.41) is 0. The third-order valence-corrected chi connectivity index (χ3v) is 4.77. The Morgan fingerprint density at radius 1 is 1.06 bits per heavy atom. The summed E-state index contributed by atoms with van der Waals surface area (Å²) in [6.45, 7) is 0. The summed E-state index contributed by atoms with van der Waals surface area (Å²) >= 11 is 0. The molecule has 17 heavy (non-hydrogen) atoms. The van der Waals surface area contributed by atoms with Crippen LogP contribution in [-0.4, -0.2) is 6.04 Å². The zero-order valence-corrected chi connectivity index (χ0v) is 10.6. The molecule has 1 nitrogen and oxygen atoms in total. The van der Waals surface area contributed by atoms with Crippen LogP contribution in [0.5, 0.6) is 0 Å². The van der Waals surface area contributed by atoms with E-state index < -0.39 is 0 Å². The highest BCUT2D eigenvalue weighted by molar-refractivity contribution is 5.32. The van der Waals surface area contributed by atoms with Gasteiger partial charge in [-0.1, -0.05) is 49.9 Å². The number of hydrogen-bond acceptors (Lipinski definition) is 1. The predicted molar refractivity (Wildman–Crippen MR) is 71.9 cm³/mol. The van der Waals surface area contributed by atoms with Crippen molar-refractivity contribution >= 4 is 0 Å². The summed E-state index contributed by atoms with van der Waals surface area (Å²) in [5.74, 6) is 1.63. The maximum absolute atomic E-state index is 6.44. The molecule has 2 aliphatic carbocycles. The lowest BCUT2D eigenvalue weighted by Gasteiger charge is -2.22. The Kier molecular flexibility index (Phi) is 3.19. The second kappa shape index (κ2) is 4.81. The highest BCUT2D eigenvalue weighted by Crippen LogP contribution is 2.34. The van der Waals surface area contributed by atoms with E-state index in [9.17, 15) is 0 Å². The molecule has 0 aliphatic heterocycles. The van der Waals surface area contributed by atoms with E-state index in [0.29, 0.717) is 12.0 Å². The molecule has 1 aromatic carbocycles. The van der Waals surface area contributed by atoms with Gasteiger partial charge in [-0.3, -0.25) is 0 Å². The third-order valence-electron chi connectivity index (χ3n) is 4.77. The standard InChI is InChI=1S/C16H23N/c17-16(9-12-5-1-2-6-12)15-10-13-7-3-4-8-14(13)11-15/h3-4,7-8,12,15-16H,1-2,5-6,9-11,17H2. The first kappa shape index (κ1) is 11.3. The monoisotopic (exact) mass is 229 g/mol. The highest BCUT2D eigenvalue weighted by Gasteiger charge is 2.28. The van der Waals surface area contributed by atoms with E-state index in [-0.39, 0.29) is 0 Å². The molecule has 92 valence electrons. The van der Waals surface area contributed by atoms with Crippen molar-refractivity contribution in [1.82, 2.24) is 0 Å². The molecule has 0 heterocycles. The fourth-order valence-electron chi connectivity index (χ4n) is 3.72. The lowest BCUT2D eigenvalue weighted by molar-refractivity contribution is 0.351. The van der Waals surface area contributed by atoms with Crippen molar-refractivity contribution in [3.8, 4) is 0 Å². The van der Waals surface area contributed by atoms with Gasteiger partial charge >= 0.3 is 0 Å². The van der Waals surface area contributed by atoms with Crippen molar-refractivity contribution < 1.29 is 0 Å². The molecule has 3 rings (SSSR count). The smallest absolute Gasteiger partial charge is 0.00761 e. The summed E-state index contributed by atoms with van der Waals surface area (Å²) in [6.07, 6.45) is 9.40. The van der Waals surface area contributed by atoms with Gasteiger partial charge in [0.05, 0.1) is 0 Å². The molecule has 0 spiro atoms. The molecule has 0 bridgehead atoms. The molecule has 1 fully saturated rings. The van der Waals surface area contributed by atoms with E-state index in [1.807, 2.05) is 0 Å². The summed E-state index contributed by atoms with van der Waals surface area (Å²) in [7, 11) is 0. The van der Waals surface area contributed by atoms with E-state index in [4.69, 9.17) is 5.73 Å². The van der Waals surface area contributed by atoms with Crippen LogP contribution in [-0.2, 0) is 12.8 Å². The Balaban J connectivity index is 1.60. The average Bonchev–Trinajstić information content (AvgIpc) is 2.96. The minimum atomic E-state index is 0.422. The fourth-order valence-corrected chi connectivity index (χ4v) is 3.72. The Labute approximate surface area is 104 Å². The first-order valence-electron chi connectivity index (χ1n) is 7.15. The Hall–Kier alpha value is -0.820. The van der Waals surface area contributed by atoms with Crippen molar-refractivity contribution in [2.75, 3.05) is 0 Å². The van der Waals surface area contributed by atoms with Crippen molar-refractivity contribution in [2.45, 2.75) is 51.0 Å². The molecule has 0 aromatic heterocycles. The highest BCUT2D eigenvalue weighted by atomic mass is 14.7. The second-order valence-electron chi connectivity index (χ2n) is 5.99. The predicted octanol–water partition coefficient (Wildman–Crippen LogP) is 3.31. The van der Waals surface area contributed by atoms with Gasteiger partial charge in [0.1, 0.15) is 0 Å². The van der Waals surface area contributed by atoms with E-state index in [1.165, 1.54) is 44.9 Å². The van der Waals surface area contributed by atoms with E-state index in [1.54, 1.807) is 11.1 Å². The van der Waals surface area contributed by atoms with Crippen LogP contribution in [0.2, 0.25) is 0 Å². The molecular weight excluding hydrogens is 206 g/mol. The van der Waals surface area contributed by atoms with Crippen LogP contribution in [0.1, 0.15) is 43.2 Å². The van der Waals surface area contributed by atoms with Crippen molar-refractivity contribution in [2.24, 2.45) is 17.6 Å². The molecule has 2 N–H and O–H groups in total. The molecule has 0 amide bonds. The SMILES string of the molecule is NC(CC1CCCC1)C1Cc2ccccc2C1. The Morgan fingerprint density at radius 2 is 1.65 bits per heavy atom. The topological polar surface area (TPSA) is 26.0 Å². The number of rotatable bonds is 3. The van der Waals surface area contributed by atoms with Gasteiger partial charge in [-0.2, -0.15) is 0 Å². The van der Waals surface area contributed by atoms with Gasteiger partial charge in [0.25, 0.3) is 0 Å². The van der Waals surface area contributed by atoms with Gasteiger partial charge in [0, 0.05) is 6.04 Å². The van der Waals surface area contributed by atoms with Gasteiger partial charge in [0.2, 0.25) is 0 Å². The van der Waals surface area contributed by atoms with Crippen molar-refractivity contribution in [3.05, 3.63) is 35.4 Å². The number of benzene rings is 1. The summed E-state index contributed by atoms with van der Waals surface area (Å²) in [4.78, 5) is 0.